The Bertz CT molecular complexity index is 626. The minimum absolute atomic E-state index is 0.0389. The van der Waals surface area contributed by atoms with E-state index in [1.54, 1.807) is 6.07 Å². The molecule has 1 aromatic carbocycles. The molecule has 6 nitrogen and oxygen atoms in total. The molecule has 0 unspecified atom stereocenters. The van der Waals surface area contributed by atoms with E-state index in [1.807, 2.05) is 37.8 Å². The molecule has 1 saturated heterocycles. The Hall–Kier alpha value is -1.63. The average molecular weight is 381 g/mol. The molecule has 144 valence electrons. The highest BCUT2D eigenvalue weighted by Crippen LogP contribution is 2.20. The second-order valence-electron chi connectivity index (χ2n) is 6.63. The summed E-state index contributed by atoms with van der Waals surface area (Å²) in [6, 6.07) is 5.47. The predicted molar refractivity (Wildman–Crippen MR) is 106 cm³/mol. The molecule has 0 radical (unpaired) electrons. The van der Waals surface area contributed by atoms with Crippen LogP contribution in [0.25, 0.3) is 0 Å². The van der Waals surface area contributed by atoms with Crippen molar-refractivity contribution in [3.8, 4) is 0 Å². The van der Waals surface area contributed by atoms with Crippen LogP contribution in [0.5, 0.6) is 0 Å². The second kappa shape index (κ2) is 9.90. The SMILES string of the molecule is CCN(CC)C(=O)CN1CCN(CC(=O)Nc2cc(Cl)ccc2C)CC1. The molecule has 1 aromatic rings. The molecule has 2 rings (SSSR count). The van der Waals surface area contributed by atoms with Gasteiger partial charge in [-0.05, 0) is 38.5 Å². The summed E-state index contributed by atoms with van der Waals surface area (Å²) in [6.45, 7) is 11.4. The smallest absolute Gasteiger partial charge is 0.238 e. The number of rotatable bonds is 7. The molecular weight excluding hydrogens is 352 g/mol. The molecule has 7 heteroatoms. The molecule has 0 bridgehead atoms. The van der Waals surface area contributed by atoms with Crippen LogP contribution in [0, 0.1) is 6.92 Å². The second-order valence-corrected chi connectivity index (χ2v) is 7.06. The Morgan fingerprint density at radius 1 is 1.08 bits per heavy atom. The highest BCUT2D eigenvalue weighted by molar-refractivity contribution is 6.31. The number of amides is 2. The van der Waals surface area contributed by atoms with Crippen molar-refractivity contribution >= 4 is 29.1 Å². The highest BCUT2D eigenvalue weighted by Gasteiger charge is 2.22. The Morgan fingerprint density at radius 3 is 2.23 bits per heavy atom. The van der Waals surface area contributed by atoms with E-state index in [2.05, 4.69) is 15.1 Å². The summed E-state index contributed by atoms with van der Waals surface area (Å²) < 4.78 is 0. The minimum Gasteiger partial charge on any atom is -0.342 e. The van der Waals surface area contributed by atoms with Crippen molar-refractivity contribution in [1.29, 1.82) is 0 Å². The van der Waals surface area contributed by atoms with Crippen molar-refractivity contribution in [3.05, 3.63) is 28.8 Å². The quantitative estimate of drug-likeness (QED) is 0.786. The van der Waals surface area contributed by atoms with Gasteiger partial charge in [0.25, 0.3) is 0 Å². The number of piperazine rings is 1. The first-order valence-corrected chi connectivity index (χ1v) is 9.59. The number of nitrogens with one attached hydrogen (secondary N) is 1. The molecule has 0 aliphatic carbocycles. The molecule has 1 heterocycles. The van der Waals surface area contributed by atoms with Gasteiger partial charge in [-0.25, -0.2) is 0 Å². The highest BCUT2D eigenvalue weighted by atomic mass is 35.5. The molecular formula is C19H29ClN4O2. The summed E-state index contributed by atoms with van der Waals surface area (Å²) >= 11 is 5.99. The number of hydrogen-bond donors (Lipinski definition) is 1. The number of carbonyl (C=O) groups is 2. The van der Waals surface area contributed by atoms with Crippen LogP contribution in [0.2, 0.25) is 5.02 Å². The molecule has 1 fully saturated rings. The number of halogens is 1. The monoisotopic (exact) mass is 380 g/mol. The van der Waals surface area contributed by atoms with Crippen LogP contribution < -0.4 is 5.32 Å². The fourth-order valence-electron chi connectivity index (χ4n) is 3.09. The van der Waals surface area contributed by atoms with Gasteiger partial charge in [-0.15, -0.1) is 0 Å². The van der Waals surface area contributed by atoms with Gasteiger partial charge in [-0.1, -0.05) is 17.7 Å². The molecule has 0 spiro atoms. The summed E-state index contributed by atoms with van der Waals surface area (Å²) in [5.74, 6) is 0.139. The van der Waals surface area contributed by atoms with Crippen LogP contribution >= 0.6 is 11.6 Å². The van der Waals surface area contributed by atoms with Gasteiger partial charge >= 0.3 is 0 Å². The topological polar surface area (TPSA) is 55.9 Å². The van der Waals surface area contributed by atoms with Gasteiger partial charge in [-0.2, -0.15) is 0 Å². The Kier molecular flexibility index (Phi) is 7.87. The van der Waals surface area contributed by atoms with Crippen LogP contribution in [0.15, 0.2) is 18.2 Å². The molecule has 2 amide bonds. The first kappa shape index (κ1) is 20.7. The molecule has 26 heavy (non-hydrogen) atoms. The standard InChI is InChI=1S/C19H29ClN4O2/c1-4-24(5-2)19(26)14-23-10-8-22(9-11-23)13-18(25)21-17-12-16(20)7-6-15(17)3/h6-7,12H,4-5,8-11,13-14H2,1-3H3,(H,21,25). The lowest BCUT2D eigenvalue weighted by molar-refractivity contribution is -0.132. The van der Waals surface area contributed by atoms with E-state index in [0.717, 1.165) is 50.5 Å². The van der Waals surface area contributed by atoms with Gasteiger partial charge in [0.05, 0.1) is 13.1 Å². The number of anilines is 1. The zero-order valence-electron chi connectivity index (χ0n) is 15.9. The number of benzene rings is 1. The zero-order chi connectivity index (χ0) is 19.1. The Labute approximate surface area is 161 Å². The van der Waals surface area contributed by atoms with Crippen LogP contribution in [0.3, 0.4) is 0 Å². The van der Waals surface area contributed by atoms with Crippen molar-refractivity contribution in [1.82, 2.24) is 14.7 Å². The third-order valence-electron chi connectivity index (χ3n) is 4.78. The fourth-order valence-corrected chi connectivity index (χ4v) is 3.27. The van der Waals surface area contributed by atoms with E-state index in [9.17, 15) is 9.59 Å². The third-order valence-corrected chi connectivity index (χ3v) is 5.02. The maximum absolute atomic E-state index is 12.3. The van der Waals surface area contributed by atoms with E-state index >= 15 is 0 Å². The maximum atomic E-state index is 12.3. The molecule has 0 atom stereocenters. The summed E-state index contributed by atoms with van der Waals surface area (Å²) in [7, 11) is 0. The average Bonchev–Trinajstić information content (AvgIpc) is 2.61. The Morgan fingerprint density at radius 2 is 1.65 bits per heavy atom. The first-order valence-electron chi connectivity index (χ1n) is 9.21. The van der Waals surface area contributed by atoms with Crippen molar-refractivity contribution in [3.63, 3.8) is 0 Å². The fraction of sp³-hybridized carbons (Fsp3) is 0.579. The maximum Gasteiger partial charge on any atom is 0.238 e. The number of likely N-dealkylation sites (N-methyl/N-ethyl adjacent to an activating group) is 1. The van der Waals surface area contributed by atoms with Gasteiger partial charge in [0.2, 0.25) is 11.8 Å². The lowest BCUT2D eigenvalue weighted by Crippen LogP contribution is -2.51. The van der Waals surface area contributed by atoms with Gasteiger partial charge in [-0.3, -0.25) is 19.4 Å². The van der Waals surface area contributed by atoms with Crippen LogP contribution in [-0.2, 0) is 9.59 Å². The lowest BCUT2D eigenvalue weighted by Gasteiger charge is -2.34. The van der Waals surface area contributed by atoms with Crippen molar-refractivity contribution in [2.24, 2.45) is 0 Å². The molecule has 1 aliphatic heterocycles. The lowest BCUT2D eigenvalue weighted by atomic mass is 10.2. The first-order chi connectivity index (χ1) is 12.4. The largest absolute Gasteiger partial charge is 0.342 e. The van der Waals surface area contributed by atoms with E-state index < -0.39 is 0 Å². The van der Waals surface area contributed by atoms with E-state index in [0.29, 0.717) is 18.1 Å². The van der Waals surface area contributed by atoms with E-state index in [1.165, 1.54) is 0 Å². The summed E-state index contributed by atoms with van der Waals surface area (Å²) in [5, 5.41) is 3.54. The zero-order valence-corrected chi connectivity index (χ0v) is 16.7. The van der Waals surface area contributed by atoms with Crippen LogP contribution in [0.1, 0.15) is 19.4 Å². The van der Waals surface area contributed by atoms with Crippen LogP contribution in [0.4, 0.5) is 5.69 Å². The number of hydrogen-bond acceptors (Lipinski definition) is 4. The molecule has 1 N–H and O–H groups in total. The van der Waals surface area contributed by atoms with Gasteiger partial charge in [0.15, 0.2) is 0 Å². The Balaban J connectivity index is 1.77. The van der Waals surface area contributed by atoms with Gasteiger partial charge in [0, 0.05) is 50.0 Å². The summed E-state index contributed by atoms with van der Waals surface area (Å²) in [5.41, 5.74) is 1.74. The van der Waals surface area contributed by atoms with E-state index in [-0.39, 0.29) is 11.8 Å². The molecule has 1 aliphatic rings. The van der Waals surface area contributed by atoms with Crippen molar-refractivity contribution < 1.29 is 9.59 Å². The van der Waals surface area contributed by atoms with Crippen LogP contribution in [-0.4, -0.2) is 78.9 Å². The van der Waals surface area contributed by atoms with Gasteiger partial charge < -0.3 is 10.2 Å². The molecule has 0 saturated carbocycles. The van der Waals surface area contributed by atoms with Crippen molar-refractivity contribution in [2.75, 3.05) is 57.7 Å². The number of nitrogens with zero attached hydrogens (tertiary/aromatic N) is 3. The summed E-state index contributed by atoms with van der Waals surface area (Å²) in [4.78, 5) is 30.6. The van der Waals surface area contributed by atoms with Crippen molar-refractivity contribution in [2.45, 2.75) is 20.8 Å². The summed E-state index contributed by atoms with van der Waals surface area (Å²) in [6.07, 6.45) is 0. The third kappa shape index (κ3) is 5.97. The van der Waals surface area contributed by atoms with E-state index in [4.69, 9.17) is 11.6 Å². The minimum atomic E-state index is -0.0389. The van der Waals surface area contributed by atoms with Gasteiger partial charge in [0.1, 0.15) is 0 Å². The predicted octanol–water partition coefficient (Wildman–Crippen LogP) is 2.07. The molecule has 0 aromatic heterocycles. The number of carbonyl (C=O) groups excluding carboxylic acids is 2. The number of aryl methyl sites for hydroxylation is 1. The normalized spacial score (nSPS) is 15.7.